The molecule has 2 atom stereocenters. The average molecular weight is 251 g/mol. The minimum absolute atomic E-state index is 0.0595. The molecule has 0 aromatic heterocycles. The number of carbonyl (C=O) groups is 1. The Hall–Kier alpha value is -1.59. The zero-order valence-corrected chi connectivity index (χ0v) is 10.5. The van der Waals surface area contributed by atoms with E-state index in [1.165, 1.54) is 7.11 Å². The van der Waals surface area contributed by atoms with E-state index in [0.717, 1.165) is 0 Å². The third kappa shape index (κ3) is 2.32. The second-order valence-corrected chi connectivity index (χ2v) is 4.24. The van der Waals surface area contributed by atoms with E-state index < -0.39 is 0 Å². The largest absolute Gasteiger partial charge is 0.497 e. The fourth-order valence-corrected chi connectivity index (χ4v) is 2.05. The van der Waals surface area contributed by atoms with Gasteiger partial charge in [0.15, 0.2) is 5.78 Å². The SMILES string of the molecule is COc1ccc(OC)c(C(=O)C2COCC2N)c1. The van der Waals surface area contributed by atoms with Crippen LogP contribution in [0.1, 0.15) is 10.4 Å². The van der Waals surface area contributed by atoms with Gasteiger partial charge in [-0.05, 0) is 18.2 Å². The molecule has 2 N–H and O–H groups in total. The molecule has 5 heteroatoms. The first-order valence-corrected chi connectivity index (χ1v) is 5.77. The summed E-state index contributed by atoms with van der Waals surface area (Å²) in [6.45, 7) is 0.781. The third-order valence-corrected chi connectivity index (χ3v) is 3.13. The Morgan fingerprint density at radius 3 is 2.67 bits per heavy atom. The minimum Gasteiger partial charge on any atom is -0.497 e. The number of rotatable bonds is 4. The van der Waals surface area contributed by atoms with Crippen LogP contribution in [-0.2, 0) is 4.74 Å². The molecule has 0 bridgehead atoms. The first-order valence-electron chi connectivity index (χ1n) is 5.77. The molecule has 0 radical (unpaired) electrons. The van der Waals surface area contributed by atoms with Crippen molar-refractivity contribution in [2.75, 3.05) is 27.4 Å². The number of hydrogen-bond acceptors (Lipinski definition) is 5. The molecule has 1 fully saturated rings. The Morgan fingerprint density at radius 1 is 1.33 bits per heavy atom. The summed E-state index contributed by atoms with van der Waals surface area (Å²) in [4.78, 5) is 12.4. The molecule has 0 saturated carbocycles. The Bertz CT molecular complexity index is 447. The number of ether oxygens (including phenoxy) is 3. The van der Waals surface area contributed by atoms with Gasteiger partial charge < -0.3 is 19.9 Å². The normalized spacial score (nSPS) is 22.8. The van der Waals surface area contributed by atoms with E-state index in [4.69, 9.17) is 19.9 Å². The van der Waals surface area contributed by atoms with Crippen molar-refractivity contribution < 1.29 is 19.0 Å². The topological polar surface area (TPSA) is 70.8 Å². The fraction of sp³-hybridized carbons (Fsp3) is 0.462. The van der Waals surface area contributed by atoms with E-state index in [0.29, 0.717) is 30.3 Å². The highest BCUT2D eigenvalue weighted by Crippen LogP contribution is 2.28. The lowest BCUT2D eigenvalue weighted by Gasteiger charge is -2.15. The van der Waals surface area contributed by atoms with Crippen molar-refractivity contribution in [1.29, 1.82) is 0 Å². The van der Waals surface area contributed by atoms with Crippen LogP contribution in [0.4, 0.5) is 0 Å². The summed E-state index contributed by atoms with van der Waals surface area (Å²) in [5, 5.41) is 0. The molecular weight excluding hydrogens is 234 g/mol. The van der Waals surface area contributed by atoms with Gasteiger partial charge in [0.2, 0.25) is 0 Å². The summed E-state index contributed by atoms with van der Waals surface area (Å²) in [6.07, 6.45) is 0. The second kappa shape index (κ2) is 5.37. The molecule has 0 aliphatic carbocycles. The Labute approximate surface area is 106 Å². The molecule has 18 heavy (non-hydrogen) atoms. The second-order valence-electron chi connectivity index (χ2n) is 4.24. The third-order valence-electron chi connectivity index (χ3n) is 3.13. The van der Waals surface area contributed by atoms with Crippen LogP contribution in [0.15, 0.2) is 18.2 Å². The van der Waals surface area contributed by atoms with E-state index in [-0.39, 0.29) is 17.7 Å². The zero-order chi connectivity index (χ0) is 13.1. The number of Topliss-reactive ketones (excluding diaryl/α,β-unsaturated/α-hetero) is 1. The first kappa shape index (κ1) is 12.9. The maximum atomic E-state index is 12.4. The van der Waals surface area contributed by atoms with Gasteiger partial charge >= 0.3 is 0 Å². The van der Waals surface area contributed by atoms with Gasteiger partial charge in [-0.2, -0.15) is 0 Å². The van der Waals surface area contributed by atoms with Crippen LogP contribution in [-0.4, -0.2) is 39.3 Å². The summed E-state index contributed by atoms with van der Waals surface area (Å²) in [7, 11) is 3.09. The molecule has 1 aliphatic rings. The van der Waals surface area contributed by atoms with Crippen LogP contribution in [0.25, 0.3) is 0 Å². The number of hydrogen-bond donors (Lipinski definition) is 1. The van der Waals surface area contributed by atoms with Crippen molar-refractivity contribution in [3.63, 3.8) is 0 Å². The molecule has 1 aromatic rings. The predicted octanol–water partition coefficient (Wildman–Crippen LogP) is 0.860. The maximum absolute atomic E-state index is 12.4. The van der Waals surface area contributed by atoms with Gasteiger partial charge in [-0.15, -0.1) is 0 Å². The van der Waals surface area contributed by atoms with Gasteiger partial charge in [-0.25, -0.2) is 0 Å². The highest BCUT2D eigenvalue weighted by atomic mass is 16.5. The van der Waals surface area contributed by atoms with Crippen LogP contribution in [0.3, 0.4) is 0 Å². The summed E-state index contributed by atoms with van der Waals surface area (Å²) >= 11 is 0. The van der Waals surface area contributed by atoms with Gasteiger partial charge in [0.1, 0.15) is 11.5 Å². The molecule has 2 unspecified atom stereocenters. The van der Waals surface area contributed by atoms with Crippen LogP contribution < -0.4 is 15.2 Å². The standard InChI is InChI=1S/C13H17NO4/c1-16-8-3-4-12(17-2)9(5-8)13(15)10-6-18-7-11(10)14/h3-5,10-11H,6-7,14H2,1-2H3. The van der Waals surface area contributed by atoms with Gasteiger partial charge in [0.05, 0.1) is 38.9 Å². The molecule has 5 nitrogen and oxygen atoms in total. The first-order chi connectivity index (χ1) is 8.67. The summed E-state index contributed by atoms with van der Waals surface area (Å²) in [5.74, 6) is 0.772. The number of benzene rings is 1. The lowest BCUT2D eigenvalue weighted by atomic mass is 9.93. The van der Waals surface area contributed by atoms with E-state index in [2.05, 4.69) is 0 Å². The lowest BCUT2D eigenvalue weighted by Crippen LogP contribution is -2.34. The van der Waals surface area contributed by atoms with Crippen LogP contribution in [0, 0.1) is 5.92 Å². The van der Waals surface area contributed by atoms with E-state index in [1.54, 1.807) is 25.3 Å². The van der Waals surface area contributed by atoms with E-state index >= 15 is 0 Å². The van der Waals surface area contributed by atoms with Crippen LogP contribution in [0.5, 0.6) is 11.5 Å². The van der Waals surface area contributed by atoms with E-state index in [9.17, 15) is 4.79 Å². The number of methoxy groups -OCH3 is 2. The van der Waals surface area contributed by atoms with Crippen molar-refractivity contribution in [3.05, 3.63) is 23.8 Å². The minimum atomic E-state index is -0.314. The van der Waals surface area contributed by atoms with Crippen molar-refractivity contribution in [2.24, 2.45) is 11.7 Å². The van der Waals surface area contributed by atoms with Crippen molar-refractivity contribution in [3.8, 4) is 11.5 Å². The Balaban J connectivity index is 2.33. The lowest BCUT2D eigenvalue weighted by molar-refractivity contribution is 0.0892. The van der Waals surface area contributed by atoms with Gasteiger partial charge in [-0.1, -0.05) is 0 Å². The predicted molar refractivity (Wildman–Crippen MR) is 66.2 cm³/mol. The highest BCUT2D eigenvalue weighted by molar-refractivity contribution is 6.01. The van der Waals surface area contributed by atoms with Gasteiger partial charge in [0.25, 0.3) is 0 Å². The smallest absolute Gasteiger partial charge is 0.173 e. The molecule has 1 heterocycles. The molecule has 1 aliphatic heterocycles. The molecule has 1 aromatic carbocycles. The quantitative estimate of drug-likeness (QED) is 0.804. The molecule has 0 amide bonds. The summed E-state index contributed by atoms with van der Waals surface area (Å²) < 4.78 is 15.6. The molecule has 2 rings (SSSR count). The number of carbonyl (C=O) groups excluding carboxylic acids is 1. The highest BCUT2D eigenvalue weighted by Gasteiger charge is 2.33. The van der Waals surface area contributed by atoms with Crippen molar-refractivity contribution in [1.82, 2.24) is 0 Å². The molecule has 1 saturated heterocycles. The van der Waals surface area contributed by atoms with Gasteiger partial charge in [-0.3, -0.25) is 4.79 Å². The summed E-state index contributed by atoms with van der Waals surface area (Å²) in [6, 6.07) is 4.88. The Morgan fingerprint density at radius 2 is 2.11 bits per heavy atom. The zero-order valence-electron chi connectivity index (χ0n) is 10.5. The number of ketones is 1. The fourth-order valence-electron chi connectivity index (χ4n) is 2.05. The monoisotopic (exact) mass is 251 g/mol. The van der Waals surface area contributed by atoms with Crippen LogP contribution in [0.2, 0.25) is 0 Å². The van der Waals surface area contributed by atoms with Crippen LogP contribution >= 0.6 is 0 Å². The average Bonchev–Trinajstić information content (AvgIpc) is 2.83. The molecule has 98 valence electrons. The van der Waals surface area contributed by atoms with E-state index in [1.807, 2.05) is 0 Å². The molecular formula is C13H17NO4. The van der Waals surface area contributed by atoms with Crippen molar-refractivity contribution in [2.45, 2.75) is 6.04 Å². The number of nitrogens with two attached hydrogens (primary N) is 1. The van der Waals surface area contributed by atoms with Gasteiger partial charge in [0, 0.05) is 6.04 Å². The van der Waals surface area contributed by atoms with Crippen molar-refractivity contribution >= 4 is 5.78 Å². The maximum Gasteiger partial charge on any atom is 0.173 e. The summed E-state index contributed by atoms with van der Waals surface area (Å²) in [5.41, 5.74) is 6.35. The Kier molecular flexibility index (Phi) is 3.84. The molecule has 0 spiro atoms.